The van der Waals surface area contributed by atoms with Gasteiger partial charge in [0.2, 0.25) is 0 Å². The van der Waals surface area contributed by atoms with Crippen molar-refractivity contribution in [3.05, 3.63) is 24.3 Å². The second-order valence-electron chi connectivity index (χ2n) is 2.42. The van der Waals surface area contributed by atoms with Crippen molar-refractivity contribution < 1.29 is 5.11 Å². The van der Waals surface area contributed by atoms with Crippen molar-refractivity contribution in [3.63, 3.8) is 0 Å². The lowest BCUT2D eigenvalue weighted by Crippen LogP contribution is -2.43. The van der Waals surface area contributed by atoms with Crippen molar-refractivity contribution in [1.29, 1.82) is 0 Å². The Kier molecular flexibility index (Phi) is 1.43. The van der Waals surface area contributed by atoms with Crippen LogP contribution < -0.4 is 5.73 Å². The molecule has 0 fully saturated rings. The van der Waals surface area contributed by atoms with Gasteiger partial charge in [-0.1, -0.05) is 25.2 Å². The average molecular weight is 125 g/mol. The molecule has 0 saturated carbocycles. The molecule has 1 rings (SSSR count). The maximum atomic E-state index is 9.28. The van der Waals surface area contributed by atoms with E-state index in [1.54, 1.807) is 12.2 Å². The van der Waals surface area contributed by atoms with E-state index < -0.39 is 5.72 Å². The fourth-order valence-electron chi connectivity index (χ4n) is 0.746. The van der Waals surface area contributed by atoms with E-state index in [0.29, 0.717) is 0 Å². The zero-order valence-electron chi connectivity index (χ0n) is 5.41. The summed E-state index contributed by atoms with van der Waals surface area (Å²) in [5, 5.41) is 9.28. The van der Waals surface area contributed by atoms with Gasteiger partial charge in [0.1, 0.15) is 5.72 Å². The molecule has 0 amide bonds. The summed E-state index contributed by atoms with van der Waals surface area (Å²) in [6, 6.07) is 0. The Bertz CT molecular complexity index is 158. The summed E-state index contributed by atoms with van der Waals surface area (Å²) in [7, 11) is 0. The fourth-order valence-corrected chi connectivity index (χ4v) is 0.746. The SMILES string of the molecule is CC1C=CC=CC1(N)O. The summed E-state index contributed by atoms with van der Waals surface area (Å²) in [5.41, 5.74) is 4.31. The van der Waals surface area contributed by atoms with Crippen LogP contribution in [0.15, 0.2) is 24.3 Å². The fraction of sp³-hybridized carbons (Fsp3) is 0.429. The Hall–Kier alpha value is -0.600. The van der Waals surface area contributed by atoms with Crippen LogP contribution in [0.2, 0.25) is 0 Å². The third-order valence-corrected chi connectivity index (χ3v) is 1.60. The van der Waals surface area contributed by atoms with Crippen LogP contribution in [-0.4, -0.2) is 10.8 Å². The molecular formula is C7H11NO. The van der Waals surface area contributed by atoms with Crippen LogP contribution in [0.25, 0.3) is 0 Å². The predicted molar refractivity (Wildman–Crippen MR) is 36.6 cm³/mol. The number of rotatable bonds is 0. The lowest BCUT2D eigenvalue weighted by atomic mass is 9.94. The third-order valence-electron chi connectivity index (χ3n) is 1.60. The Morgan fingerprint density at radius 1 is 1.56 bits per heavy atom. The summed E-state index contributed by atoms with van der Waals surface area (Å²) in [5.74, 6) is 0.0162. The first-order valence-corrected chi connectivity index (χ1v) is 3.00. The zero-order chi connectivity index (χ0) is 6.91. The van der Waals surface area contributed by atoms with E-state index in [4.69, 9.17) is 5.73 Å². The molecule has 2 atom stereocenters. The van der Waals surface area contributed by atoms with Gasteiger partial charge in [-0.3, -0.25) is 5.73 Å². The van der Waals surface area contributed by atoms with Crippen molar-refractivity contribution in [2.45, 2.75) is 12.6 Å². The molecule has 2 unspecified atom stereocenters. The van der Waals surface area contributed by atoms with E-state index in [1.165, 1.54) is 0 Å². The topological polar surface area (TPSA) is 46.2 Å². The van der Waals surface area contributed by atoms with Gasteiger partial charge in [-0.05, 0) is 6.08 Å². The molecule has 0 aromatic rings. The minimum absolute atomic E-state index is 0.0162. The minimum Gasteiger partial charge on any atom is -0.372 e. The molecule has 0 aliphatic heterocycles. The highest BCUT2D eigenvalue weighted by Crippen LogP contribution is 2.17. The van der Waals surface area contributed by atoms with Crippen LogP contribution in [0, 0.1) is 5.92 Å². The highest BCUT2D eigenvalue weighted by Gasteiger charge is 2.24. The van der Waals surface area contributed by atoms with Crippen molar-refractivity contribution in [2.75, 3.05) is 0 Å². The van der Waals surface area contributed by atoms with Crippen LogP contribution >= 0.6 is 0 Å². The van der Waals surface area contributed by atoms with Gasteiger partial charge < -0.3 is 5.11 Å². The monoisotopic (exact) mass is 125 g/mol. The van der Waals surface area contributed by atoms with Gasteiger partial charge in [0.15, 0.2) is 0 Å². The quantitative estimate of drug-likeness (QED) is 0.460. The van der Waals surface area contributed by atoms with Crippen molar-refractivity contribution in [1.82, 2.24) is 0 Å². The van der Waals surface area contributed by atoms with E-state index >= 15 is 0 Å². The van der Waals surface area contributed by atoms with Crippen molar-refractivity contribution in [2.24, 2.45) is 11.7 Å². The predicted octanol–water partition coefficient (Wildman–Crippen LogP) is 0.396. The number of aliphatic hydroxyl groups is 1. The van der Waals surface area contributed by atoms with Gasteiger partial charge in [0, 0.05) is 5.92 Å². The first kappa shape index (κ1) is 6.52. The maximum Gasteiger partial charge on any atom is 0.139 e. The normalized spacial score (nSPS) is 41.4. The van der Waals surface area contributed by atoms with E-state index in [9.17, 15) is 5.11 Å². The smallest absolute Gasteiger partial charge is 0.139 e. The van der Waals surface area contributed by atoms with Crippen molar-refractivity contribution >= 4 is 0 Å². The molecule has 2 heteroatoms. The van der Waals surface area contributed by atoms with Crippen LogP contribution in [0.4, 0.5) is 0 Å². The van der Waals surface area contributed by atoms with Crippen LogP contribution in [-0.2, 0) is 0 Å². The number of allylic oxidation sites excluding steroid dienone is 2. The van der Waals surface area contributed by atoms with Gasteiger partial charge in [-0.2, -0.15) is 0 Å². The van der Waals surface area contributed by atoms with Gasteiger partial charge in [0.05, 0.1) is 0 Å². The summed E-state index contributed by atoms with van der Waals surface area (Å²) in [6.07, 6.45) is 7.10. The van der Waals surface area contributed by atoms with Crippen LogP contribution in [0.1, 0.15) is 6.92 Å². The third kappa shape index (κ3) is 1.20. The standard InChI is InChI=1S/C7H11NO/c1-6-4-2-3-5-7(6,8)9/h2-6,9H,8H2,1H3. The summed E-state index contributed by atoms with van der Waals surface area (Å²) >= 11 is 0. The molecule has 2 nitrogen and oxygen atoms in total. The first-order valence-electron chi connectivity index (χ1n) is 3.00. The molecule has 3 N–H and O–H groups in total. The molecule has 0 bridgehead atoms. The average Bonchev–Trinajstić information content (AvgIpc) is 1.77. The van der Waals surface area contributed by atoms with E-state index in [0.717, 1.165) is 0 Å². The van der Waals surface area contributed by atoms with Crippen LogP contribution in [0.5, 0.6) is 0 Å². The highest BCUT2D eigenvalue weighted by molar-refractivity contribution is 5.18. The Morgan fingerprint density at radius 3 is 2.56 bits per heavy atom. The van der Waals surface area contributed by atoms with Crippen LogP contribution in [0.3, 0.4) is 0 Å². The highest BCUT2D eigenvalue weighted by atomic mass is 16.3. The first-order chi connectivity index (χ1) is 4.13. The number of nitrogens with two attached hydrogens (primary N) is 1. The molecule has 50 valence electrons. The molecule has 0 saturated heterocycles. The van der Waals surface area contributed by atoms with Gasteiger partial charge >= 0.3 is 0 Å². The lowest BCUT2D eigenvalue weighted by molar-refractivity contribution is 0.0602. The molecule has 0 aromatic carbocycles. The van der Waals surface area contributed by atoms with Gasteiger partial charge in [-0.25, -0.2) is 0 Å². The van der Waals surface area contributed by atoms with E-state index in [-0.39, 0.29) is 5.92 Å². The minimum atomic E-state index is -1.13. The van der Waals surface area contributed by atoms with Crippen molar-refractivity contribution in [3.8, 4) is 0 Å². The maximum absolute atomic E-state index is 9.28. The molecule has 0 heterocycles. The summed E-state index contributed by atoms with van der Waals surface area (Å²) in [6.45, 7) is 1.88. The van der Waals surface area contributed by atoms with Gasteiger partial charge in [-0.15, -0.1) is 0 Å². The molecule has 0 radical (unpaired) electrons. The number of hydrogen-bond donors (Lipinski definition) is 2. The Morgan fingerprint density at radius 2 is 2.22 bits per heavy atom. The summed E-state index contributed by atoms with van der Waals surface area (Å²) < 4.78 is 0. The number of hydrogen-bond acceptors (Lipinski definition) is 2. The van der Waals surface area contributed by atoms with E-state index in [1.807, 2.05) is 19.1 Å². The van der Waals surface area contributed by atoms with E-state index in [2.05, 4.69) is 0 Å². The Balaban J connectivity index is 2.78. The molecule has 9 heavy (non-hydrogen) atoms. The second-order valence-corrected chi connectivity index (χ2v) is 2.42. The molecule has 0 aromatic heterocycles. The lowest BCUT2D eigenvalue weighted by Gasteiger charge is -2.25. The molecule has 0 spiro atoms. The molecule has 1 aliphatic carbocycles. The molecule has 1 aliphatic rings. The summed E-state index contributed by atoms with van der Waals surface area (Å²) in [4.78, 5) is 0. The molecular weight excluding hydrogens is 114 g/mol. The van der Waals surface area contributed by atoms with Gasteiger partial charge in [0.25, 0.3) is 0 Å². The second kappa shape index (κ2) is 1.97. The Labute approximate surface area is 54.7 Å². The zero-order valence-corrected chi connectivity index (χ0v) is 5.41. The largest absolute Gasteiger partial charge is 0.372 e.